The van der Waals surface area contributed by atoms with Crippen LogP contribution in [-0.4, -0.2) is 85.7 Å². The fraction of sp³-hybridized carbons (Fsp3) is 0.897. The van der Waals surface area contributed by atoms with Crippen molar-refractivity contribution in [2.24, 2.45) is 28.2 Å². The maximum absolute atomic E-state index is 6.66. The Morgan fingerprint density at radius 2 is 1.94 bits per heavy atom. The van der Waals surface area contributed by atoms with Gasteiger partial charge in [-0.05, 0) is 88.9 Å². The summed E-state index contributed by atoms with van der Waals surface area (Å²) >= 11 is 13.0. The third-order valence-corrected chi connectivity index (χ3v) is 9.25. The highest BCUT2D eigenvalue weighted by Crippen LogP contribution is 2.43. The lowest BCUT2D eigenvalue weighted by Gasteiger charge is -2.47. The largest absolute Gasteiger partial charge is 0.312 e. The zero-order valence-corrected chi connectivity index (χ0v) is 24.8. The maximum Gasteiger partial charge on any atom is 0.0515 e. The highest BCUT2D eigenvalue weighted by molar-refractivity contribution is 6.22. The number of nitrogens with zero attached hydrogens (tertiary/aromatic N) is 3. The molecule has 0 amide bonds. The van der Waals surface area contributed by atoms with Gasteiger partial charge in [0.05, 0.1) is 6.54 Å². The van der Waals surface area contributed by atoms with Crippen LogP contribution in [0, 0.1) is 23.2 Å². The van der Waals surface area contributed by atoms with Gasteiger partial charge in [0.15, 0.2) is 0 Å². The second-order valence-electron chi connectivity index (χ2n) is 12.8. The topological polar surface area (TPSA) is 30.9 Å². The molecule has 2 aliphatic carbocycles. The Morgan fingerprint density at radius 1 is 1.17 bits per heavy atom. The molecule has 0 aromatic carbocycles. The van der Waals surface area contributed by atoms with E-state index in [9.17, 15) is 0 Å². The van der Waals surface area contributed by atoms with E-state index in [4.69, 9.17) is 28.2 Å². The molecular formula is C29H52Cl2N4. The minimum Gasteiger partial charge on any atom is -0.312 e. The van der Waals surface area contributed by atoms with Gasteiger partial charge in [-0.25, -0.2) is 0 Å². The zero-order chi connectivity index (χ0) is 25.6. The van der Waals surface area contributed by atoms with E-state index < -0.39 is 0 Å². The number of piperidine rings is 1. The van der Waals surface area contributed by atoms with Gasteiger partial charge >= 0.3 is 0 Å². The van der Waals surface area contributed by atoms with Crippen LogP contribution in [0.2, 0.25) is 0 Å². The van der Waals surface area contributed by atoms with Gasteiger partial charge in [-0.15, -0.1) is 23.2 Å². The summed E-state index contributed by atoms with van der Waals surface area (Å²) in [6, 6.07) is 0.512. The van der Waals surface area contributed by atoms with Gasteiger partial charge in [0.1, 0.15) is 0 Å². The molecule has 202 valence electrons. The van der Waals surface area contributed by atoms with E-state index in [0.717, 1.165) is 58.3 Å². The molecule has 5 atom stereocenters. The number of hydrogen-bond acceptors (Lipinski definition) is 4. The molecule has 1 saturated heterocycles. The Balaban J connectivity index is 1.51. The molecule has 0 aromatic heterocycles. The molecule has 2 fully saturated rings. The average Bonchev–Trinajstić information content (AvgIpc) is 2.76. The fourth-order valence-corrected chi connectivity index (χ4v) is 7.08. The Kier molecular flexibility index (Phi) is 11.4. The van der Waals surface area contributed by atoms with Gasteiger partial charge in [0.25, 0.3) is 0 Å². The SMILES string of the molecule is CC(C)[C@H](CN1CCC(C2=CCC(Cl)CC2)C(C)(C)C1)NCC1CC(=NCCN(C)C)CC(Cl)C1. The molecule has 0 aromatic rings. The minimum absolute atomic E-state index is 0.231. The van der Waals surface area contributed by atoms with E-state index in [1.807, 2.05) is 0 Å². The predicted molar refractivity (Wildman–Crippen MR) is 154 cm³/mol. The van der Waals surface area contributed by atoms with Crippen LogP contribution in [-0.2, 0) is 0 Å². The number of allylic oxidation sites excluding steroid dienone is 2. The Morgan fingerprint density at radius 3 is 2.57 bits per heavy atom. The number of aliphatic imine (C=N–C) groups is 1. The summed E-state index contributed by atoms with van der Waals surface area (Å²) in [5.41, 5.74) is 3.33. The number of nitrogens with one attached hydrogen (secondary N) is 1. The van der Waals surface area contributed by atoms with Crippen LogP contribution < -0.4 is 5.32 Å². The van der Waals surface area contributed by atoms with Gasteiger partial charge in [-0.1, -0.05) is 39.3 Å². The van der Waals surface area contributed by atoms with E-state index in [-0.39, 0.29) is 5.38 Å². The average molecular weight is 528 g/mol. The molecule has 6 heteroatoms. The van der Waals surface area contributed by atoms with Gasteiger partial charge in [0, 0.05) is 48.6 Å². The number of likely N-dealkylation sites (N-methyl/N-ethyl adjacent to an activating group) is 1. The van der Waals surface area contributed by atoms with E-state index in [1.165, 1.54) is 31.6 Å². The standard InChI is InChI=1S/C29H52Cl2N4/c1-21(2)28(33-18-22-15-25(31)17-26(16-22)32-12-14-34(5)6)19-35-13-11-27(29(3,4)20-35)23-7-9-24(30)10-8-23/h7,21-22,24-25,27-28,33H,8-20H2,1-6H3/t22?,24?,25?,27?,28-/m0/s1. The van der Waals surface area contributed by atoms with E-state index in [1.54, 1.807) is 5.57 Å². The van der Waals surface area contributed by atoms with Crippen LogP contribution in [0.25, 0.3) is 0 Å². The first kappa shape index (κ1) is 29.4. The molecule has 4 unspecified atom stereocenters. The maximum atomic E-state index is 6.66. The van der Waals surface area contributed by atoms with Crippen LogP contribution in [0.4, 0.5) is 0 Å². The summed E-state index contributed by atoms with van der Waals surface area (Å²) in [6.07, 6.45) is 10.3. The van der Waals surface area contributed by atoms with Crippen molar-refractivity contribution in [1.82, 2.24) is 15.1 Å². The summed E-state index contributed by atoms with van der Waals surface area (Å²) in [4.78, 5) is 9.81. The Bertz CT molecular complexity index is 717. The van der Waals surface area contributed by atoms with Gasteiger partial charge in [-0.2, -0.15) is 0 Å². The van der Waals surface area contributed by atoms with Crippen molar-refractivity contribution < 1.29 is 0 Å². The smallest absolute Gasteiger partial charge is 0.0515 e. The summed E-state index contributed by atoms with van der Waals surface area (Å²) in [5.74, 6) is 1.92. The van der Waals surface area contributed by atoms with E-state index in [0.29, 0.717) is 34.6 Å². The molecule has 1 heterocycles. The van der Waals surface area contributed by atoms with Crippen molar-refractivity contribution in [3.8, 4) is 0 Å². The normalized spacial score (nSPS) is 32.3. The second kappa shape index (κ2) is 13.6. The number of rotatable bonds is 10. The van der Waals surface area contributed by atoms with Gasteiger partial charge < -0.3 is 15.1 Å². The van der Waals surface area contributed by atoms with E-state index in [2.05, 4.69) is 63.0 Å². The molecule has 0 spiro atoms. The third-order valence-electron chi connectivity index (χ3n) is 8.52. The van der Waals surface area contributed by atoms with Crippen LogP contribution in [0.5, 0.6) is 0 Å². The highest BCUT2D eigenvalue weighted by Gasteiger charge is 2.39. The van der Waals surface area contributed by atoms with Crippen LogP contribution in [0.3, 0.4) is 0 Å². The van der Waals surface area contributed by atoms with Crippen molar-refractivity contribution in [1.29, 1.82) is 0 Å². The molecule has 35 heavy (non-hydrogen) atoms. The fourth-order valence-electron chi connectivity index (χ4n) is 6.45. The Labute approximate surface area is 226 Å². The van der Waals surface area contributed by atoms with Crippen molar-refractivity contribution >= 4 is 28.9 Å². The predicted octanol–water partition coefficient (Wildman–Crippen LogP) is 6.08. The molecule has 1 N–H and O–H groups in total. The summed E-state index contributed by atoms with van der Waals surface area (Å²) < 4.78 is 0. The Hall–Kier alpha value is -0.130. The summed E-state index contributed by atoms with van der Waals surface area (Å²) in [6.45, 7) is 16.2. The summed E-state index contributed by atoms with van der Waals surface area (Å²) in [5, 5.41) is 4.55. The first-order chi connectivity index (χ1) is 16.5. The third kappa shape index (κ3) is 9.28. The highest BCUT2D eigenvalue weighted by atomic mass is 35.5. The quantitative estimate of drug-likeness (QED) is 0.276. The molecule has 0 radical (unpaired) electrons. The van der Waals surface area contributed by atoms with Crippen molar-refractivity contribution in [3.63, 3.8) is 0 Å². The minimum atomic E-state index is 0.231. The second-order valence-corrected chi connectivity index (χ2v) is 14.1. The first-order valence-electron chi connectivity index (χ1n) is 14.1. The van der Waals surface area contributed by atoms with Crippen LogP contribution in [0.1, 0.15) is 72.6 Å². The van der Waals surface area contributed by atoms with Crippen molar-refractivity contribution in [3.05, 3.63) is 11.6 Å². The monoisotopic (exact) mass is 526 g/mol. The van der Waals surface area contributed by atoms with Crippen LogP contribution >= 0.6 is 23.2 Å². The van der Waals surface area contributed by atoms with Gasteiger partial charge in [0.2, 0.25) is 0 Å². The number of halogens is 2. The number of alkyl halides is 2. The lowest BCUT2D eigenvalue weighted by molar-refractivity contribution is 0.0593. The lowest BCUT2D eigenvalue weighted by atomic mass is 9.68. The zero-order valence-electron chi connectivity index (χ0n) is 23.3. The van der Waals surface area contributed by atoms with Crippen molar-refractivity contribution in [2.75, 3.05) is 53.4 Å². The molecule has 3 aliphatic rings. The molecule has 0 bridgehead atoms. The summed E-state index contributed by atoms with van der Waals surface area (Å²) in [7, 11) is 4.22. The first-order valence-corrected chi connectivity index (χ1v) is 15.0. The molecule has 4 nitrogen and oxygen atoms in total. The lowest BCUT2D eigenvalue weighted by Crippen LogP contribution is -2.52. The molecule has 1 aliphatic heterocycles. The molecular weight excluding hydrogens is 475 g/mol. The van der Waals surface area contributed by atoms with Gasteiger partial charge in [-0.3, -0.25) is 4.99 Å². The van der Waals surface area contributed by atoms with Crippen molar-refractivity contribution in [2.45, 2.75) is 89.4 Å². The van der Waals surface area contributed by atoms with E-state index >= 15 is 0 Å². The number of hydrogen-bond donors (Lipinski definition) is 1. The number of likely N-dealkylation sites (tertiary alicyclic amines) is 1. The molecule has 3 rings (SSSR count). The molecule has 1 saturated carbocycles. The van der Waals surface area contributed by atoms with Crippen LogP contribution in [0.15, 0.2) is 16.6 Å².